The van der Waals surface area contributed by atoms with Crippen LogP contribution in [-0.4, -0.2) is 9.97 Å². The molecule has 0 radical (unpaired) electrons. The molecule has 6 rings (SSSR count). The molecule has 1 aromatic heterocycles. The van der Waals surface area contributed by atoms with Crippen LogP contribution in [0.5, 0.6) is 0 Å². The van der Waals surface area contributed by atoms with Crippen molar-refractivity contribution >= 4 is 0 Å². The molecule has 5 aromatic carbocycles. The molecule has 0 unspecified atom stereocenters. The monoisotopic (exact) mass is 448 g/mol. The zero-order valence-electron chi connectivity index (χ0n) is 19.2. The summed E-state index contributed by atoms with van der Waals surface area (Å²) >= 11 is 0. The van der Waals surface area contributed by atoms with E-state index in [1.165, 1.54) is 22.3 Å². The van der Waals surface area contributed by atoms with Crippen molar-refractivity contribution in [2.75, 3.05) is 0 Å². The second-order valence-electron chi connectivity index (χ2n) is 8.56. The standard InChI is InChI=1S/C33H24N2/c1-4-10-24(11-5-1)26-16-20-29(21-17-26)32-31(28-14-8-3-9-15-28)34-33(35-32)30-22-18-27(19-23-30)25-12-6-2-7-13-25/h1-23H,(H,34,35). The third-order valence-corrected chi connectivity index (χ3v) is 6.30. The van der Waals surface area contributed by atoms with Crippen LogP contribution in [0, 0.1) is 0 Å². The van der Waals surface area contributed by atoms with Crippen LogP contribution in [0.15, 0.2) is 140 Å². The van der Waals surface area contributed by atoms with Crippen LogP contribution in [0.2, 0.25) is 0 Å². The molecule has 0 aliphatic carbocycles. The molecule has 1 N–H and O–H groups in total. The molecule has 6 aromatic rings. The van der Waals surface area contributed by atoms with Gasteiger partial charge in [-0.2, -0.15) is 0 Å². The number of hydrogen-bond acceptors (Lipinski definition) is 1. The van der Waals surface area contributed by atoms with Gasteiger partial charge in [0.1, 0.15) is 5.82 Å². The maximum Gasteiger partial charge on any atom is 0.138 e. The molecule has 0 saturated heterocycles. The van der Waals surface area contributed by atoms with Crippen LogP contribution >= 0.6 is 0 Å². The number of aromatic amines is 1. The number of nitrogens with zero attached hydrogens (tertiary/aromatic N) is 1. The van der Waals surface area contributed by atoms with E-state index in [-0.39, 0.29) is 0 Å². The van der Waals surface area contributed by atoms with E-state index >= 15 is 0 Å². The SMILES string of the molecule is c1ccc(-c2ccc(-c3nc(-c4ccccc4)c(-c4ccc(-c5ccccc5)cc4)[nH]3)cc2)cc1. The second-order valence-corrected chi connectivity index (χ2v) is 8.56. The fourth-order valence-corrected chi connectivity index (χ4v) is 4.43. The van der Waals surface area contributed by atoms with Crippen LogP contribution < -0.4 is 0 Å². The Hall–Kier alpha value is -4.69. The van der Waals surface area contributed by atoms with Gasteiger partial charge in [-0.05, 0) is 22.3 Å². The van der Waals surface area contributed by atoms with E-state index in [0.29, 0.717) is 0 Å². The van der Waals surface area contributed by atoms with Gasteiger partial charge in [0.15, 0.2) is 0 Å². The zero-order chi connectivity index (χ0) is 23.5. The summed E-state index contributed by atoms with van der Waals surface area (Å²) in [5.41, 5.74) is 10.1. The fraction of sp³-hybridized carbons (Fsp3) is 0. The molecule has 0 amide bonds. The number of imidazole rings is 1. The molecule has 2 heteroatoms. The Morgan fingerprint density at radius 3 is 1.20 bits per heavy atom. The maximum absolute atomic E-state index is 5.05. The molecule has 0 aliphatic heterocycles. The zero-order valence-corrected chi connectivity index (χ0v) is 19.2. The van der Waals surface area contributed by atoms with E-state index in [1.807, 2.05) is 18.2 Å². The molecule has 2 nitrogen and oxygen atoms in total. The molecule has 0 spiro atoms. The highest BCUT2D eigenvalue weighted by molar-refractivity contribution is 5.82. The highest BCUT2D eigenvalue weighted by Crippen LogP contribution is 2.34. The summed E-state index contributed by atoms with van der Waals surface area (Å²) in [5.74, 6) is 0.866. The summed E-state index contributed by atoms with van der Waals surface area (Å²) in [6, 6.07) is 48.5. The Morgan fingerprint density at radius 1 is 0.343 bits per heavy atom. The Morgan fingerprint density at radius 2 is 0.714 bits per heavy atom. The molecular weight excluding hydrogens is 424 g/mol. The average Bonchev–Trinajstić information content (AvgIpc) is 3.40. The van der Waals surface area contributed by atoms with Gasteiger partial charge in [0.2, 0.25) is 0 Å². The Kier molecular flexibility index (Phi) is 5.54. The van der Waals surface area contributed by atoms with E-state index in [0.717, 1.165) is 33.9 Å². The van der Waals surface area contributed by atoms with Crippen LogP contribution in [0.1, 0.15) is 0 Å². The fourth-order valence-electron chi connectivity index (χ4n) is 4.43. The van der Waals surface area contributed by atoms with Gasteiger partial charge in [0.05, 0.1) is 11.4 Å². The summed E-state index contributed by atoms with van der Waals surface area (Å²) in [4.78, 5) is 8.67. The number of rotatable bonds is 5. The summed E-state index contributed by atoms with van der Waals surface area (Å²) in [6.07, 6.45) is 0. The Labute approximate surface area is 205 Å². The van der Waals surface area contributed by atoms with Gasteiger partial charge < -0.3 is 4.98 Å². The van der Waals surface area contributed by atoms with E-state index in [9.17, 15) is 0 Å². The lowest BCUT2D eigenvalue weighted by Crippen LogP contribution is -1.84. The molecule has 0 bridgehead atoms. The topological polar surface area (TPSA) is 28.7 Å². The number of hydrogen-bond donors (Lipinski definition) is 1. The Balaban J connectivity index is 1.40. The van der Waals surface area contributed by atoms with E-state index in [2.05, 4.69) is 126 Å². The van der Waals surface area contributed by atoms with Crippen molar-refractivity contribution in [1.82, 2.24) is 9.97 Å². The molecule has 0 aliphatic rings. The van der Waals surface area contributed by atoms with Crippen LogP contribution in [-0.2, 0) is 0 Å². The summed E-state index contributed by atoms with van der Waals surface area (Å²) < 4.78 is 0. The van der Waals surface area contributed by atoms with Crippen molar-refractivity contribution in [2.45, 2.75) is 0 Å². The van der Waals surface area contributed by atoms with Gasteiger partial charge in [-0.3, -0.25) is 0 Å². The summed E-state index contributed by atoms with van der Waals surface area (Å²) in [6.45, 7) is 0. The average molecular weight is 449 g/mol. The summed E-state index contributed by atoms with van der Waals surface area (Å²) in [5, 5.41) is 0. The largest absolute Gasteiger partial charge is 0.337 e. The predicted molar refractivity (Wildman–Crippen MR) is 146 cm³/mol. The first kappa shape index (κ1) is 20.9. The number of H-pyrrole nitrogens is 1. The molecule has 166 valence electrons. The van der Waals surface area contributed by atoms with Gasteiger partial charge in [-0.1, -0.05) is 140 Å². The minimum absolute atomic E-state index is 0.866. The summed E-state index contributed by atoms with van der Waals surface area (Å²) in [7, 11) is 0. The minimum Gasteiger partial charge on any atom is -0.337 e. The third-order valence-electron chi connectivity index (χ3n) is 6.30. The molecular formula is C33H24N2. The van der Waals surface area contributed by atoms with Crippen molar-refractivity contribution < 1.29 is 0 Å². The van der Waals surface area contributed by atoms with E-state index in [1.54, 1.807) is 0 Å². The van der Waals surface area contributed by atoms with E-state index in [4.69, 9.17) is 4.98 Å². The lowest BCUT2D eigenvalue weighted by molar-refractivity contribution is 1.31. The number of nitrogens with one attached hydrogen (secondary N) is 1. The smallest absolute Gasteiger partial charge is 0.138 e. The first-order chi connectivity index (χ1) is 17.3. The van der Waals surface area contributed by atoms with Crippen LogP contribution in [0.3, 0.4) is 0 Å². The minimum atomic E-state index is 0.866. The lowest BCUT2D eigenvalue weighted by Gasteiger charge is -2.06. The van der Waals surface area contributed by atoms with Crippen molar-refractivity contribution in [2.24, 2.45) is 0 Å². The first-order valence-corrected chi connectivity index (χ1v) is 11.8. The third kappa shape index (κ3) is 4.30. The molecule has 0 saturated carbocycles. The van der Waals surface area contributed by atoms with Crippen molar-refractivity contribution in [3.8, 4) is 56.2 Å². The molecule has 35 heavy (non-hydrogen) atoms. The highest BCUT2D eigenvalue weighted by atomic mass is 14.9. The number of benzene rings is 5. The van der Waals surface area contributed by atoms with Gasteiger partial charge >= 0.3 is 0 Å². The predicted octanol–water partition coefficient (Wildman–Crippen LogP) is 8.74. The van der Waals surface area contributed by atoms with Crippen molar-refractivity contribution in [3.63, 3.8) is 0 Å². The van der Waals surface area contributed by atoms with Crippen LogP contribution in [0.25, 0.3) is 56.2 Å². The van der Waals surface area contributed by atoms with Gasteiger partial charge in [0, 0.05) is 16.7 Å². The normalized spacial score (nSPS) is 10.9. The Bertz CT molecular complexity index is 1530. The maximum atomic E-state index is 5.05. The second kappa shape index (κ2) is 9.28. The van der Waals surface area contributed by atoms with Gasteiger partial charge in [0.25, 0.3) is 0 Å². The quantitative estimate of drug-likeness (QED) is 0.281. The van der Waals surface area contributed by atoms with Crippen molar-refractivity contribution in [3.05, 3.63) is 140 Å². The van der Waals surface area contributed by atoms with Gasteiger partial charge in [-0.25, -0.2) is 4.98 Å². The first-order valence-electron chi connectivity index (χ1n) is 11.8. The lowest BCUT2D eigenvalue weighted by atomic mass is 10.0. The van der Waals surface area contributed by atoms with Crippen molar-refractivity contribution in [1.29, 1.82) is 0 Å². The number of aromatic nitrogens is 2. The van der Waals surface area contributed by atoms with Crippen LogP contribution in [0.4, 0.5) is 0 Å². The molecule has 1 heterocycles. The van der Waals surface area contributed by atoms with E-state index < -0.39 is 0 Å². The van der Waals surface area contributed by atoms with Gasteiger partial charge in [-0.15, -0.1) is 0 Å². The molecule has 0 fully saturated rings. The molecule has 0 atom stereocenters. The highest BCUT2D eigenvalue weighted by Gasteiger charge is 2.15.